The zero-order valence-electron chi connectivity index (χ0n) is 19.6. The number of methoxy groups -OCH3 is 1. The number of alkyl halides is 3. The third-order valence-corrected chi connectivity index (χ3v) is 6.10. The summed E-state index contributed by atoms with van der Waals surface area (Å²) in [6.07, 6.45) is -3.36. The number of ether oxygens (including phenoxy) is 1. The summed E-state index contributed by atoms with van der Waals surface area (Å²) in [6, 6.07) is 8.75. The molecule has 0 aromatic heterocycles. The van der Waals surface area contributed by atoms with Crippen LogP contribution in [0.15, 0.2) is 41.3 Å². The minimum absolute atomic E-state index is 0.0326. The molecule has 36 heavy (non-hydrogen) atoms. The maximum absolute atomic E-state index is 12.8. The Morgan fingerprint density at radius 1 is 1.06 bits per heavy atom. The number of rotatable bonds is 10. The molecule has 0 spiro atoms. The van der Waals surface area contributed by atoms with E-state index in [0.29, 0.717) is 18.8 Å². The lowest BCUT2D eigenvalue weighted by atomic mass is 10.1. The Kier molecular flexibility index (Phi) is 11.3. The Labute approximate surface area is 211 Å². The van der Waals surface area contributed by atoms with Crippen LogP contribution < -0.4 is 14.4 Å². The molecule has 3 N–H and O–H groups in total. The fourth-order valence-corrected chi connectivity index (χ4v) is 4.49. The number of nitrogens with one attached hydrogen (secondary N) is 1. The number of aromatic carboxylic acids is 1. The van der Waals surface area contributed by atoms with E-state index in [1.165, 1.54) is 31.4 Å². The molecule has 9 nitrogen and oxygen atoms in total. The molecule has 2 rings (SSSR count). The Morgan fingerprint density at radius 3 is 2.06 bits per heavy atom. The predicted molar refractivity (Wildman–Crippen MR) is 129 cm³/mol. The number of nitrogens with zero attached hydrogens (tertiary/aromatic N) is 1. The summed E-state index contributed by atoms with van der Waals surface area (Å²) in [5.41, 5.74) is 0.732. The van der Waals surface area contributed by atoms with Gasteiger partial charge in [-0.15, -0.1) is 0 Å². The van der Waals surface area contributed by atoms with Crippen molar-refractivity contribution in [3.8, 4) is 5.75 Å². The fraction of sp³-hybridized carbons (Fsp3) is 0.364. The van der Waals surface area contributed by atoms with Gasteiger partial charge in [0.2, 0.25) is 0 Å². The zero-order chi connectivity index (χ0) is 27.7. The number of carboxylic acid groups (broad SMARTS) is 2. The SMILES string of the molecule is CCCN(CCC)c1ccc(NS(=O)(=O)c2cc(Cl)ccc2OC)cc1C(=O)O.O=C(O)C(F)(F)F. The number of hydrogen-bond donors (Lipinski definition) is 3. The topological polar surface area (TPSA) is 133 Å². The predicted octanol–water partition coefficient (Wildman–Crippen LogP) is 5.11. The van der Waals surface area contributed by atoms with E-state index in [9.17, 15) is 31.5 Å². The third kappa shape index (κ3) is 8.79. The van der Waals surface area contributed by atoms with Crippen LogP contribution in [0.25, 0.3) is 0 Å². The van der Waals surface area contributed by atoms with Gasteiger partial charge in [0.1, 0.15) is 10.6 Å². The maximum atomic E-state index is 12.8. The highest BCUT2D eigenvalue weighted by molar-refractivity contribution is 7.92. The van der Waals surface area contributed by atoms with E-state index in [1.807, 2.05) is 18.7 Å². The van der Waals surface area contributed by atoms with Crippen LogP contribution in [0.3, 0.4) is 0 Å². The van der Waals surface area contributed by atoms with Gasteiger partial charge in [-0.25, -0.2) is 18.0 Å². The van der Waals surface area contributed by atoms with Crippen molar-refractivity contribution in [3.63, 3.8) is 0 Å². The summed E-state index contributed by atoms with van der Waals surface area (Å²) in [5.74, 6) is -3.75. The van der Waals surface area contributed by atoms with Gasteiger partial charge in [-0.05, 0) is 49.2 Å². The fourth-order valence-electron chi connectivity index (χ4n) is 3.01. The van der Waals surface area contributed by atoms with Crippen LogP contribution in [0.4, 0.5) is 24.5 Å². The molecular weight excluding hydrogens is 529 g/mol. The van der Waals surface area contributed by atoms with Gasteiger partial charge < -0.3 is 19.8 Å². The minimum Gasteiger partial charge on any atom is -0.495 e. The molecule has 0 amide bonds. The quantitative estimate of drug-likeness (QED) is 0.369. The van der Waals surface area contributed by atoms with E-state index in [2.05, 4.69) is 4.72 Å². The van der Waals surface area contributed by atoms with Crippen molar-refractivity contribution in [2.45, 2.75) is 37.8 Å². The van der Waals surface area contributed by atoms with Gasteiger partial charge in [-0.3, -0.25) is 4.72 Å². The summed E-state index contributed by atoms with van der Waals surface area (Å²) >= 11 is 5.93. The lowest BCUT2D eigenvalue weighted by Gasteiger charge is -2.25. The van der Waals surface area contributed by atoms with E-state index < -0.39 is 28.1 Å². The van der Waals surface area contributed by atoms with E-state index in [-0.39, 0.29) is 26.9 Å². The number of aliphatic carboxylic acids is 1. The van der Waals surface area contributed by atoms with Gasteiger partial charge in [0.25, 0.3) is 10.0 Å². The standard InChI is InChI=1S/C20H25ClN2O5S.C2HF3O2/c1-4-10-23(11-5-2)17-8-7-15(13-16(17)20(24)25)22-29(26,27)19-12-14(21)6-9-18(19)28-3;3-2(4,5)1(6)7/h6-9,12-13,22H,4-5,10-11H2,1-3H3,(H,24,25);(H,6,7). The summed E-state index contributed by atoms with van der Waals surface area (Å²) < 4.78 is 64.9. The highest BCUT2D eigenvalue weighted by Gasteiger charge is 2.38. The van der Waals surface area contributed by atoms with Gasteiger partial charge >= 0.3 is 18.1 Å². The Hall–Kier alpha value is -3.19. The molecule has 0 fully saturated rings. The van der Waals surface area contributed by atoms with Crippen LogP contribution in [-0.4, -0.2) is 56.9 Å². The monoisotopic (exact) mass is 554 g/mol. The molecule has 0 saturated heterocycles. The molecule has 0 saturated carbocycles. The molecule has 14 heteroatoms. The van der Waals surface area contributed by atoms with Crippen molar-refractivity contribution in [3.05, 3.63) is 47.0 Å². The van der Waals surface area contributed by atoms with Gasteiger partial charge in [0.05, 0.1) is 18.4 Å². The van der Waals surface area contributed by atoms with Crippen LogP contribution in [0.5, 0.6) is 5.75 Å². The van der Waals surface area contributed by atoms with Crippen LogP contribution >= 0.6 is 11.6 Å². The van der Waals surface area contributed by atoms with Crippen molar-refractivity contribution in [1.29, 1.82) is 0 Å². The average Bonchev–Trinajstić information content (AvgIpc) is 2.78. The smallest absolute Gasteiger partial charge is 0.490 e. The molecule has 2 aromatic carbocycles. The zero-order valence-corrected chi connectivity index (χ0v) is 21.2. The van der Waals surface area contributed by atoms with E-state index in [0.717, 1.165) is 12.8 Å². The highest BCUT2D eigenvalue weighted by Crippen LogP contribution is 2.31. The second kappa shape index (κ2) is 13.2. The number of hydrogen-bond acceptors (Lipinski definition) is 6. The third-order valence-electron chi connectivity index (χ3n) is 4.46. The first-order valence-corrected chi connectivity index (χ1v) is 12.3. The average molecular weight is 555 g/mol. The van der Waals surface area contributed by atoms with Crippen molar-refractivity contribution < 1.29 is 46.1 Å². The number of carboxylic acids is 2. The van der Waals surface area contributed by atoms with Crippen LogP contribution in [0.1, 0.15) is 37.0 Å². The normalized spacial score (nSPS) is 11.2. The molecular formula is C22H26ClF3N2O7S. The first kappa shape index (κ1) is 30.8. The second-order valence-corrected chi connectivity index (χ2v) is 9.31. The Balaban J connectivity index is 0.000000809. The van der Waals surface area contributed by atoms with Crippen molar-refractivity contribution >= 4 is 44.9 Å². The molecule has 200 valence electrons. The molecule has 0 unspecified atom stereocenters. The van der Waals surface area contributed by atoms with Gasteiger partial charge in [-0.2, -0.15) is 13.2 Å². The van der Waals surface area contributed by atoms with Crippen molar-refractivity contribution in [2.75, 3.05) is 29.8 Å². The largest absolute Gasteiger partial charge is 0.495 e. The van der Waals surface area contributed by atoms with Gasteiger partial charge in [-0.1, -0.05) is 25.4 Å². The molecule has 0 bridgehead atoms. The molecule has 2 aromatic rings. The number of sulfonamides is 1. The first-order valence-electron chi connectivity index (χ1n) is 10.5. The van der Waals surface area contributed by atoms with Crippen molar-refractivity contribution in [2.24, 2.45) is 0 Å². The summed E-state index contributed by atoms with van der Waals surface area (Å²) in [7, 11) is -2.68. The molecule has 0 aliphatic heterocycles. The Bertz CT molecular complexity index is 1170. The van der Waals surface area contributed by atoms with Gasteiger partial charge in [0, 0.05) is 23.8 Å². The minimum atomic E-state index is -5.08. The number of benzene rings is 2. The number of carbonyl (C=O) groups is 2. The lowest BCUT2D eigenvalue weighted by molar-refractivity contribution is -0.192. The molecule has 0 aliphatic rings. The van der Waals surface area contributed by atoms with Crippen molar-refractivity contribution in [1.82, 2.24) is 0 Å². The first-order chi connectivity index (χ1) is 16.7. The maximum Gasteiger partial charge on any atom is 0.490 e. The van der Waals surface area contributed by atoms with Crippen LogP contribution in [-0.2, 0) is 14.8 Å². The van der Waals surface area contributed by atoms with Crippen LogP contribution in [0, 0.1) is 0 Å². The number of halogens is 4. The number of anilines is 2. The van der Waals surface area contributed by atoms with Gasteiger partial charge in [0.15, 0.2) is 0 Å². The van der Waals surface area contributed by atoms with E-state index >= 15 is 0 Å². The molecule has 0 heterocycles. The lowest BCUT2D eigenvalue weighted by Crippen LogP contribution is -2.27. The van der Waals surface area contributed by atoms with E-state index in [1.54, 1.807) is 12.1 Å². The molecule has 0 radical (unpaired) electrons. The molecule has 0 atom stereocenters. The van der Waals surface area contributed by atoms with Crippen LogP contribution in [0.2, 0.25) is 5.02 Å². The highest BCUT2D eigenvalue weighted by atomic mass is 35.5. The summed E-state index contributed by atoms with van der Waals surface area (Å²) in [4.78, 5) is 22.6. The van der Waals surface area contributed by atoms with E-state index in [4.69, 9.17) is 26.2 Å². The summed E-state index contributed by atoms with van der Waals surface area (Å²) in [6.45, 7) is 5.45. The molecule has 0 aliphatic carbocycles. The second-order valence-electron chi connectivity index (χ2n) is 7.23. The summed E-state index contributed by atoms with van der Waals surface area (Å²) in [5, 5.41) is 17.0. The Morgan fingerprint density at radius 2 is 1.61 bits per heavy atom.